The number of aromatic amines is 1. The van der Waals surface area contributed by atoms with Crippen molar-refractivity contribution in [2.75, 3.05) is 0 Å². The van der Waals surface area contributed by atoms with Gasteiger partial charge < -0.3 is 0 Å². The Labute approximate surface area is 101 Å². The van der Waals surface area contributed by atoms with Crippen molar-refractivity contribution in [1.29, 1.82) is 0 Å². The molecule has 1 aliphatic rings. The molecule has 1 heterocycles. The maximum absolute atomic E-state index is 12.1. The van der Waals surface area contributed by atoms with E-state index in [-0.39, 0.29) is 5.56 Å². The second-order valence-electron chi connectivity index (χ2n) is 4.04. The summed E-state index contributed by atoms with van der Waals surface area (Å²) in [7, 11) is 0. The van der Waals surface area contributed by atoms with E-state index in [1.807, 2.05) is 24.3 Å². The molecule has 1 aromatic heterocycles. The number of hydrogen-bond donors (Lipinski definition) is 1. The Kier molecular flexibility index (Phi) is 2.24. The van der Waals surface area contributed by atoms with Crippen LogP contribution >= 0.6 is 15.9 Å². The lowest BCUT2D eigenvalue weighted by molar-refractivity contribution is 0.779. The van der Waals surface area contributed by atoms with Gasteiger partial charge in [0.15, 0.2) is 0 Å². The summed E-state index contributed by atoms with van der Waals surface area (Å²) in [6, 6.07) is 7.73. The molecule has 0 amide bonds. The predicted molar refractivity (Wildman–Crippen MR) is 66.1 cm³/mol. The summed E-state index contributed by atoms with van der Waals surface area (Å²) >= 11 is 3.38. The van der Waals surface area contributed by atoms with Gasteiger partial charge in [0, 0.05) is 15.7 Å². The molecule has 3 rings (SSSR count). The normalized spacial score (nSPS) is 14.1. The molecule has 0 saturated heterocycles. The highest BCUT2D eigenvalue weighted by Gasteiger charge is 2.19. The molecule has 3 nitrogen and oxygen atoms in total. The molecule has 4 heteroatoms. The fourth-order valence-corrected chi connectivity index (χ4v) is 2.46. The first-order chi connectivity index (χ1) is 7.75. The number of aromatic nitrogens is 2. The molecule has 1 N–H and O–H groups in total. The quantitative estimate of drug-likeness (QED) is 0.855. The summed E-state index contributed by atoms with van der Waals surface area (Å²) in [6.45, 7) is 0. The van der Waals surface area contributed by atoms with E-state index in [2.05, 4.69) is 21.0 Å². The summed E-state index contributed by atoms with van der Waals surface area (Å²) in [5.74, 6) is 0. The van der Waals surface area contributed by atoms with Crippen molar-refractivity contribution < 1.29 is 0 Å². The summed E-state index contributed by atoms with van der Waals surface area (Å²) in [5.41, 5.74) is 3.06. The van der Waals surface area contributed by atoms with Gasteiger partial charge in [-0.3, -0.25) is 9.89 Å². The van der Waals surface area contributed by atoms with Gasteiger partial charge in [0.2, 0.25) is 0 Å². The Morgan fingerprint density at radius 1 is 1.19 bits per heavy atom. The number of benzene rings is 1. The third kappa shape index (κ3) is 1.45. The molecular formula is C12H11BrN2O. The van der Waals surface area contributed by atoms with Crippen LogP contribution in [0.4, 0.5) is 0 Å². The summed E-state index contributed by atoms with van der Waals surface area (Å²) in [6.07, 6.45) is 3.00. The van der Waals surface area contributed by atoms with E-state index >= 15 is 0 Å². The zero-order chi connectivity index (χ0) is 11.1. The lowest BCUT2D eigenvalue weighted by atomic mass is 10.3. The maximum atomic E-state index is 12.1. The molecule has 2 aromatic rings. The Morgan fingerprint density at radius 3 is 2.62 bits per heavy atom. The monoisotopic (exact) mass is 278 g/mol. The van der Waals surface area contributed by atoms with Crippen LogP contribution in [0.5, 0.6) is 0 Å². The van der Waals surface area contributed by atoms with Gasteiger partial charge in [0.05, 0.1) is 5.69 Å². The fourth-order valence-electron chi connectivity index (χ4n) is 2.20. The van der Waals surface area contributed by atoms with Crippen LogP contribution in [0.3, 0.4) is 0 Å². The highest BCUT2D eigenvalue weighted by atomic mass is 79.9. The minimum atomic E-state index is 0.106. The van der Waals surface area contributed by atoms with Gasteiger partial charge >= 0.3 is 0 Å². The number of hydrogen-bond acceptors (Lipinski definition) is 1. The van der Waals surface area contributed by atoms with E-state index in [1.165, 1.54) is 0 Å². The molecule has 0 spiro atoms. The highest BCUT2D eigenvalue weighted by molar-refractivity contribution is 9.10. The summed E-state index contributed by atoms with van der Waals surface area (Å²) < 4.78 is 2.65. The van der Waals surface area contributed by atoms with Crippen LogP contribution in [-0.4, -0.2) is 9.78 Å². The molecule has 0 radical (unpaired) electrons. The van der Waals surface area contributed by atoms with Gasteiger partial charge in [0.25, 0.3) is 5.56 Å². The van der Waals surface area contributed by atoms with Crippen LogP contribution in [-0.2, 0) is 12.8 Å². The minimum Gasteiger partial charge on any atom is -0.295 e. The fraction of sp³-hybridized carbons (Fsp3) is 0.250. The van der Waals surface area contributed by atoms with E-state index in [0.717, 1.165) is 40.7 Å². The number of nitrogens with zero attached hydrogens (tertiary/aromatic N) is 1. The SMILES string of the molecule is O=c1c2c([nH]n1-c1ccc(Br)cc1)CCC2. The van der Waals surface area contributed by atoms with Gasteiger partial charge in [-0.1, -0.05) is 15.9 Å². The Hall–Kier alpha value is -1.29. The molecule has 1 aromatic carbocycles. The van der Waals surface area contributed by atoms with Crippen molar-refractivity contribution in [3.05, 3.63) is 50.3 Å². The molecule has 16 heavy (non-hydrogen) atoms. The molecule has 0 saturated carbocycles. The van der Waals surface area contributed by atoms with E-state index < -0.39 is 0 Å². The van der Waals surface area contributed by atoms with Crippen LogP contribution in [0.2, 0.25) is 0 Å². The van der Waals surface area contributed by atoms with Gasteiger partial charge in [-0.05, 0) is 43.5 Å². The standard InChI is InChI=1S/C12H11BrN2O/c13-8-4-6-9(7-5-8)15-12(16)10-2-1-3-11(10)14-15/h4-7,14H,1-3H2. The highest BCUT2D eigenvalue weighted by Crippen LogP contribution is 2.18. The third-order valence-corrected chi connectivity index (χ3v) is 3.54. The first-order valence-corrected chi connectivity index (χ1v) is 6.14. The van der Waals surface area contributed by atoms with Crippen molar-refractivity contribution in [1.82, 2.24) is 9.78 Å². The smallest absolute Gasteiger partial charge is 0.274 e. The van der Waals surface area contributed by atoms with Gasteiger partial charge in [0.1, 0.15) is 0 Å². The molecule has 1 aliphatic carbocycles. The predicted octanol–water partition coefficient (Wildman–Crippen LogP) is 2.42. The van der Waals surface area contributed by atoms with E-state index in [9.17, 15) is 4.79 Å². The molecule has 0 atom stereocenters. The molecule has 0 aliphatic heterocycles. The minimum absolute atomic E-state index is 0.106. The largest absolute Gasteiger partial charge is 0.295 e. The lowest BCUT2D eigenvalue weighted by Gasteiger charge is -2.02. The molecule has 0 fully saturated rings. The number of rotatable bonds is 1. The second kappa shape index (κ2) is 3.63. The Morgan fingerprint density at radius 2 is 1.94 bits per heavy atom. The maximum Gasteiger partial charge on any atom is 0.274 e. The van der Waals surface area contributed by atoms with Crippen LogP contribution in [0, 0.1) is 0 Å². The third-order valence-electron chi connectivity index (χ3n) is 3.01. The van der Waals surface area contributed by atoms with Gasteiger partial charge in [-0.2, -0.15) is 0 Å². The summed E-state index contributed by atoms with van der Waals surface area (Å²) in [4.78, 5) is 12.1. The van der Waals surface area contributed by atoms with Crippen molar-refractivity contribution in [3.63, 3.8) is 0 Å². The first-order valence-electron chi connectivity index (χ1n) is 5.34. The average Bonchev–Trinajstić information content (AvgIpc) is 2.84. The number of fused-ring (bicyclic) bond motifs is 1. The molecule has 0 bridgehead atoms. The van der Waals surface area contributed by atoms with E-state index in [4.69, 9.17) is 0 Å². The zero-order valence-corrected chi connectivity index (χ0v) is 10.3. The van der Waals surface area contributed by atoms with E-state index in [1.54, 1.807) is 4.68 Å². The Balaban J connectivity index is 2.14. The average molecular weight is 279 g/mol. The van der Waals surface area contributed by atoms with Crippen molar-refractivity contribution in [2.45, 2.75) is 19.3 Å². The lowest BCUT2D eigenvalue weighted by Crippen LogP contribution is -2.17. The number of nitrogens with one attached hydrogen (secondary N) is 1. The van der Waals surface area contributed by atoms with Gasteiger partial charge in [-0.15, -0.1) is 0 Å². The van der Waals surface area contributed by atoms with Crippen molar-refractivity contribution in [3.8, 4) is 5.69 Å². The first kappa shape index (κ1) is 9.90. The van der Waals surface area contributed by atoms with Crippen molar-refractivity contribution >= 4 is 15.9 Å². The molecular weight excluding hydrogens is 268 g/mol. The summed E-state index contributed by atoms with van der Waals surface area (Å²) in [5, 5.41) is 3.19. The molecule has 82 valence electrons. The Bertz CT molecular complexity index is 580. The zero-order valence-electron chi connectivity index (χ0n) is 8.66. The second-order valence-corrected chi connectivity index (χ2v) is 4.96. The number of aryl methyl sites for hydroxylation is 1. The van der Waals surface area contributed by atoms with Gasteiger partial charge in [-0.25, -0.2) is 4.68 Å². The number of H-pyrrole nitrogens is 1. The number of halogens is 1. The van der Waals surface area contributed by atoms with Crippen LogP contribution in [0.1, 0.15) is 17.7 Å². The van der Waals surface area contributed by atoms with E-state index in [0.29, 0.717) is 0 Å². The van der Waals surface area contributed by atoms with Crippen molar-refractivity contribution in [2.24, 2.45) is 0 Å². The topological polar surface area (TPSA) is 37.8 Å². The molecule has 0 unspecified atom stereocenters. The van der Waals surface area contributed by atoms with Crippen LogP contribution in [0.15, 0.2) is 33.5 Å². The van der Waals surface area contributed by atoms with Crippen LogP contribution in [0.25, 0.3) is 5.69 Å². The van der Waals surface area contributed by atoms with Crippen LogP contribution < -0.4 is 5.56 Å².